The molecule has 0 aliphatic carbocycles. The molecule has 2 aromatic rings. The SMILES string of the molecule is C=C[PH](=O)Oc1cccc2ccccc12. The third-order valence-corrected chi connectivity index (χ3v) is 2.88. The van der Waals surface area contributed by atoms with Crippen LogP contribution in [0.1, 0.15) is 0 Å². The molecule has 0 aromatic heterocycles. The lowest BCUT2D eigenvalue weighted by Gasteiger charge is -2.06. The normalized spacial score (nSPS) is 12.3. The topological polar surface area (TPSA) is 26.3 Å². The van der Waals surface area contributed by atoms with Crippen LogP contribution in [0.3, 0.4) is 0 Å². The van der Waals surface area contributed by atoms with Gasteiger partial charge in [0.05, 0.1) is 0 Å². The third kappa shape index (κ3) is 2.11. The predicted molar refractivity (Wildman–Crippen MR) is 63.8 cm³/mol. The van der Waals surface area contributed by atoms with E-state index in [9.17, 15) is 4.57 Å². The number of hydrogen-bond donors (Lipinski definition) is 0. The summed E-state index contributed by atoms with van der Waals surface area (Å²) in [7, 11) is -2.16. The number of fused-ring (bicyclic) bond motifs is 1. The molecular formula is C12H11O2P. The van der Waals surface area contributed by atoms with E-state index in [-0.39, 0.29) is 0 Å². The summed E-state index contributed by atoms with van der Waals surface area (Å²) in [6.07, 6.45) is 0. The van der Waals surface area contributed by atoms with Crippen molar-refractivity contribution in [1.29, 1.82) is 0 Å². The van der Waals surface area contributed by atoms with Crippen LogP contribution in [0.25, 0.3) is 10.8 Å². The van der Waals surface area contributed by atoms with Crippen molar-refractivity contribution in [3.63, 3.8) is 0 Å². The quantitative estimate of drug-likeness (QED) is 0.731. The van der Waals surface area contributed by atoms with Crippen LogP contribution in [-0.2, 0) is 4.57 Å². The van der Waals surface area contributed by atoms with Gasteiger partial charge in [0.15, 0.2) is 0 Å². The standard InChI is InChI=1S/C12H11O2P/c1-2-15(13)14-12-9-5-7-10-6-3-4-8-11(10)12/h2-9,15H,1H2. The molecule has 0 aliphatic heterocycles. The first-order valence-corrected chi connectivity index (χ1v) is 6.02. The van der Waals surface area contributed by atoms with Crippen molar-refractivity contribution in [1.82, 2.24) is 0 Å². The van der Waals surface area contributed by atoms with Gasteiger partial charge in [-0.3, -0.25) is 4.57 Å². The Hall–Kier alpha value is -1.53. The van der Waals surface area contributed by atoms with Crippen molar-refractivity contribution in [2.24, 2.45) is 0 Å². The molecule has 0 N–H and O–H groups in total. The lowest BCUT2D eigenvalue weighted by atomic mass is 10.1. The molecule has 0 saturated heterocycles. The summed E-state index contributed by atoms with van der Waals surface area (Å²) in [6, 6.07) is 13.5. The molecule has 0 fully saturated rings. The summed E-state index contributed by atoms with van der Waals surface area (Å²) < 4.78 is 16.6. The van der Waals surface area contributed by atoms with Gasteiger partial charge in [-0.25, -0.2) is 0 Å². The molecule has 0 heterocycles. The fourth-order valence-corrected chi connectivity index (χ4v) is 1.91. The molecule has 2 nitrogen and oxygen atoms in total. The van der Waals surface area contributed by atoms with Gasteiger partial charge in [-0.15, -0.1) is 0 Å². The fourth-order valence-electron chi connectivity index (χ4n) is 1.43. The van der Waals surface area contributed by atoms with Crippen molar-refractivity contribution < 1.29 is 9.09 Å². The molecule has 3 heteroatoms. The van der Waals surface area contributed by atoms with E-state index >= 15 is 0 Å². The van der Waals surface area contributed by atoms with Gasteiger partial charge in [-0.1, -0.05) is 43.0 Å². The minimum atomic E-state index is -2.16. The highest BCUT2D eigenvalue weighted by Crippen LogP contribution is 2.33. The minimum Gasteiger partial charge on any atom is -0.441 e. The zero-order valence-electron chi connectivity index (χ0n) is 8.14. The summed E-state index contributed by atoms with van der Waals surface area (Å²) >= 11 is 0. The molecule has 1 unspecified atom stereocenters. The number of rotatable bonds is 3. The van der Waals surface area contributed by atoms with E-state index < -0.39 is 8.03 Å². The maximum Gasteiger partial charge on any atom is 0.258 e. The Morgan fingerprint density at radius 2 is 1.87 bits per heavy atom. The Labute approximate surface area is 89.1 Å². The second-order valence-corrected chi connectivity index (χ2v) is 4.35. The van der Waals surface area contributed by atoms with E-state index in [1.165, 1.54) is 5.82 Å². The summed E-state index contributed by atoms with van der Waals surface area (Å²) in [5.74, 6) is 1.99. The van der Waals surface area contributed by atoms with E-state index in [0.717, 1.165) is 10.8 Å². The van der Waals surface area contributed by atoms with Gasteiger partial charge in [-0.2, -0.15) is 0 Å². The van der Waals surface area contributed by atoms with Gasteiger partial charge in [0.25, 0.3) is 8.03 Å². The van der Waals surface area contributed by atoms with Gasteiger partial charge in [-0.05, 0) is 11.5 Å². The molecule has 0 radical (unpaired) electrons. The Kier molecular flexibility index (Phi) is 2.89. The van der Waals surface area contributed by atoms with Crippen LogP contribution in [0.15, 0.2) is 54.9 Å². The van der Waals surface area contributed by atoms with Crippen molar-refractivity contribution in [2.75, 3.05) is 0 Å². The highest BCUT2D eigenvalue weighted by atomic mass is 31.1. The van der Waals surface area contributed by atoms with Crippen LogP contribution in [0.5, 0.6) is 5.75 Å². The van der Waals surface area contributed by atoms with Crippen LogP contribution in [0.4, 0.5) is 0 Å². The molecule has 76 valence electrons. The molecule has 15 heavy (non-hydrogen) atoms. The zero-order valence-corrected chi connectivity index (χ0v) is 9.14. The molecule has 0 bridgehead atoms. The molecule has 2 aromatic carbocycles. The van der Waals surface area contributed by atoms with Gasteiger partial charge in [0.2, 0.25) is 0 Å². The highest BCUT2D eigenvalue weighted by molar-refractivity contribution is 7.43. The van der Waals surface area contributed by atoms with Crippen LogP contribution < -0.4 is 4.52 Å². The van der Waals surface area contributed by atoms with Gasteiger partial charge < -0.3 is 4.52 Å². The van der Waals surface area contributed by atoms with E-state index in [2.05, 4.69) is 6.58 Å². The molecular weight excluding hydrogens is 207 g/mol. The molecule has 0 spiro atoms. The van der Waals surface area contributed by atoms with Crippen molar-refractivity contribution in [3.05, 3.63) is 54.9 Å². The Morgan fingerprint density at radius 1 is 1.13 bits per heavy atom. The van der Waals surface area contributed by atoms with E-state index in [1.54, 1.807) is 0 Å². The van der Waals surface area contributed by atoms with Gasteiger partial charge >= 0.3 is 0 Å². The van der Waals surface area contributed by atoms with Crippen LogP contribution in [0.2, 0.25) is 0 Å². The summed E-state index contributed by atoms with van der Waals surface area (Å²) in [4.78, 5) is 0. The molecule has 0 aliphatic rings. The summed E-state index contributed by atoms with van der Waals surface area (Å²) in [5.41, 5.74) is 0. The average molecular weight is 218 g/mol. The first-order chi connectivity index (χ1) is 7.31. The Balaban J connectivity index is 2.51. The zero-order chi connectivity index (χ0) is 10.7. The maximum atomic E-state index is 11.3. The van der Waals surface area contributed by atoms with E-state index in [1.807, 2.05) is 42.5 Å². The number of hydrogen-bond acceptors (Lipinski definition) is 2. The number of benzene rings is 2. The first-order valence-electron chi connectivity index (χ1n) is 4.63. The summed E-state index contributed by atoms with van der Waals surface area (Å²) in [5, 5.41) is 2.05. The van der Waals surface area contributed by atoms with Gasteiger partial charge in [0, 0.05) is 11.2 Å². The predicted octanol–water partition coefficient (Wildman–Crippen LogP) is 3.84. The van der Waals surface area contributed by atoms with Crippen LogP contribution >= 0.6 is 8.03 Å². The lowest BCUT2D eigenvalue weighted by Crippen LogP contribution is -1.81. The molecule has 0 amide bonds. The smallest absolute Gasteiger partial charge is 0.258 e. The fraction of sp³-hybridized carbons (Fsp3) is 0. The highest BCUT2D eigenvalue weighted by Gasteiger charge is 2.02. The minimum absolute atomic E-state index is 0.650. The summed E-state index contributed by atoms with van der Waals surface area (Å²) in [6.45, 7) is 3.44. The monoisotopic (exact) mass is 218 g/mol. The third-order valence-electron chi connectivity index (χ3n) is 2.13. The lowest BCUT2D eigenvalue weighted by molar-refractivity contribution is 0.516. The van der Waals surface area contributed by atoms with Crippen molar-refractivity contribution >= 4 is 18.8 Å². The van der Waals surface area contributed by atoms with Gasteiger partial charge in [0.1, 0.15) is 5.75 Å². The Bertz CT molecular complexity index is 515. The van der Waals surface area contributed by atoms with Crippen molar-refractivity contribution in [3.8, 4) is 5.75 Å². The maximum absolute atomic E-state index is 11.3. The Morgan fingerprint density at radius 3 is 2.67 bits per heavy atom. The van der Waals surface area contributed by atoms with Crippen LogP contribution in [-0.4, -0.2) is 0 Å². The first kappa shape index (κ1) is 10.0. The molecule has 2 rings (SSSR count). The van der Waals surface area contributed by atoms with E-state index in [0.29, 0.717) is 5.75 Å². The molecule has 0 saturated carbocycles. The second kappa shape index (κ2) is 4.33. The van der Waals surface area contributed by atoms with E-state index in [4.69, 9.17) is 4.52 Å². The largest absolute Gasteiger partial charge is 0.441 e. The van der Waals surface area contributed by atoms with Crippen molar-refractivity contribution in [2.45, 2.75) is 0 Å². The average Bonchev–Trinajstić information content (AvgIpc) is 2.29. The molecule has 1 atom stereocenters. The second-order valence-electron chi connectivity index (χ2n) is 3.10. The van der Waals surface area contributed by atoms with Crippen LogP contribution in [0, 0.1) is 0 Å².